The molecule has 2 aliphatic rings. The highest BCUT2D eigenvalue weighted by molar-refractivity contribution is 8.01. The van der Waals surface area contributed by atoms with Gasteiger partial charge in [0.1, 0.15) is 17.1 Å². The van der Waals surface area contributed by atoms with Crippen molar-refractivity contribution in [1.29, 1.82) is 0 Å². The molecule has 4 heterocycles. The Balaban J connectivity index is 1.43. The number of nitrogen functional groups attached to an aromatic ring is 1. The zero-order chi connectivity index (χ0) is 21.4. The molecule has 15 heteroatoms. The van der Waals surface area contributed by atoms with E-state index in [1.165, 1.54) is 39.8 Å². The van der Waals surface area contributed by atoms with E-state index >= 15 is 0 Å². The molecule has 2 unspecified atom stereocenters. The van der Waals surface area contributed by atoms with Crippen LogP contribution in [0.2, 0.25) is 0 Å². The molecule has 2 aliphatic heterocycles. The van der Waals surface area contributed by atoms with Crippen LogP contribution in [0.3, 0.4) is 0 Å². The van der Waals surface area contributed by atoms with Crippen molar-refractivity contribution in [1.82, 2.24) is 20.4 Å². The van der Waals surface area contributed by atoms with E-state index in [1.807, 2.05) is 0 Å². The maximum atomic E-state index is 12.6. The number of hydrogen-bond acceptors (Lipinski definition) is 12. The molecule has 2 amide bonds. The lowest BCUT2D eigenvalue weighted by molar-refractivity contribution is -0.150. The standard InChI is InChI=1S/C15H13N5O5S5/c16-13-18-19-14(30-13)27-3-5-2-26-11-8(10(22)20(11)9(5)12(23)24)17-7(21)1-6-4-28-15(25)29-6/h4,8,11H,1-3H2,(H2,16,18)(H,17,21)(H,23,24). The Morgan fingerprint density at radius 1 is 1.33 bits per heavy atom. The van der Waals surface area contributed by atoms with Crippen molar-refractivity contribution < 1.29 is 19.5 Å². The van der Waals surface area contributed by atoms with Crippen molar-refractivity contribution in [2.75, 3.05) is 17.2 Å². The highest BCUT2D eigenvalue weighted by atomic mass is 32.2. The summed E-state index contributed by atoms with van der Waals surface area (Å²) in [7, 11) is 0. The molecule has 10 nitrogen and oxygen atoms in total. The van der Waals surface area contributed by atoms with Gasteiger partial charge in [0.25, 0.3) is 9.96 Å². The minimum absolute atomic E-state index is 0.0130. The lowest BCUT2D eigenvalue weighted by Crippen LogP contribution is -2.70. The lowest BCUT2D eigenvalue weighted by atomic mass is 10.0. The number of fused-ring (bicyclic) bond motifs is 1. The molecule has 2 aromatic heterocycles. The molecule has 2 aromatic rings. The van der Waals surface area contributed by atoms with Gasteiger partial charge in [-0.3, -0.25) is 19.3 Å². The fraction of sp³-hybridized carbons (Fsp3) is 0.333. The van der Waals surface area contributed by atoms with Crippen molar-refractivity contribution in [2.45, 2.75) is 22.2 Å². The second-order valence-corrected chi connectivity index (χ2v) is 11.7. The number of hydrogen-bond donors (Lipinski definition) is 3. The molecule has 158 valence electrons. The summed E-state index contributed by atoms with van der Waals surface area (Å²) in [6.07, 6.45) is 0.0130. The lowest BCUT2D eigenvalue weighted by Gasteiger charge is -2.49. The number of nitrogens with two attached hydrogens (primary N) is 1. The first-order chi connectivity index (χ1) is 14.3. The third kappa shape index (κ3) is 4.25. The Bertz CT molecular complexity index is 1110. The van der Waals surface area contributed by atoms with E-state index in [4.69, 9.17) is 5.73 Å². The molecule has 1 saturated heterocycles. The van der Waals surface area contributed by atoms with Crippen LogP contribution in [0.4, 0.5) is 5.13 Å². The van der Waals surface area contributed by atoms with Gasteiger partial charge in [-0.2, -0.15) is 0 Å². The summed E-state index contributed by atoms with van der Waals surface area (Å²) >= 11 is 5.95. The van der Waals surface area contributed by atoms with E-state index in [9.17, 15) is 24.3 Å². The molecule has 30 heavy (non-hydrogen) atoms. The van der Waals surface area contributed by atoms with Gasteiger partial charge in [0, 0.05) is 21.8 Å². The summed E-state index contributed by atoms with van der Waals surface area (Å²) < 4.78 is 0.525. The van der Waals surface area contributed by atoms with Crippen LogP contribution in [0.1, 0.15) is 4.88 Å². The highest BCUT2D eigenvalue weighted by Crippen LogP contribution is 2.41. The molecule has 0 spiro atoms. The molecule has 0 aliphatic carbocycles. The molecule has 4 rings (SSSR count). The van der Waals surface area contributed by atoms with E-state index in [0.29, 0.717) is 31.4 Å². The van der Waals surface area contributed by atoms with Crippen molar-refractivity contribution in [3.8, 4) is 0 Å². The van der Waals surface area contributed by atoms with Crippen LogP contribution < -0.4 is 15.1 Å². The first-order valence-electron chi connectivity index (χ1n) is 8.32. The zero-order valence-electron chi connectivity index (χ0n) is 14.9. The number of aromatic nitrogens is 2. The van der Waals surface area contributed by atoms with Gasteiger partial charge in [-0.25, -0.2) is 4.79 Å². The predicted octanol–water partition coefficient (Wildman–Crippen LogP) is 0.677. The third-order valence-electron chi connectivity index (χ3n) is 4.19. The summed E-state index contributed by atoms with van der Waals surface area (Å²) in [5.74, 6) is -1.27. The number of amides is 2. The number of β-lactam (4-membered cyclic amide) rings is 1. The first kappa shape index (κ1) is 21.3. The van der Waals surface area contributed by atoms with Crippen LogP contribution in [0.5, 0.6) is 0 Å². The molecular formula is C15H13N5O5S5. The molecule has 0 saturated carbocycles. The Morgan fingerprint density at radius 2 is 2.13 bits per heavy atom. The molecule has 4 N–H and O–H groups in total. The summed E-state index contributed by atoms with van der Waals surface area (Å²) in [6.45, 7) is 0. The number of carboxylic acid groups (broad SMARTS) is 1. The predicted molar refractivity (Wildman–Crippen MR) is 117 cm³/mol. The van der Waals surface area contributed by atoms with Crippen molar-refractivity contribution >= 4 is 80.4 Å². The van der Waals surface area contributed by atoms with Gasteiger partial charge in [-0.05, 0) is 5.57 Å². The van der Waals surface area contributed by atoms with Gasteiger partial charge in [0.05, 0.1) is 6.42 Å². The average Bonchev–Trinajstić information content (AvgIpc) is 3.31. The van der Waals surface area contributed by atoms with Gasteiger partial charge in [0.2, 0.25) is 11.0 Å². The summed E-state index contributed by atoms with van der Waals surface area (Å²) in [4.78, 5) is 49.8. The largest absolute Gasteiger partial charge is 0.477 e. The third-order valence-corrected chi connectivity index (χ3v) is 9.48. The molecule has 0 aromatic carbocycles. The minimum atomic E-state index is -1.19. The molecule has 0 bridgehead atoms. The van der Waals surface area contributed by atoms with Crippen LogP contribution in [0.25, 0.3) is 0 Å². The number of carboxylic acids is 1. The average molecular weight is 504 g/mol. The van der Waals surface area contributed by atoms with Crippen LogP contribution in [0, 0.1) is 0 Å². The molecule has 0 radical (unpaired) electrons. The summed E-state index contributed by atoms with van der Waals surface area (Å²) in [5.41, 5.74) is 6.11. The quantitative estimate of drug-likeness (QED) is 0.363. The summed E-state index contributed by atoms with van der Waals surface area (Å²) in [5, 5.41) is 21.4. The molecule has 2 atom stereocenters. The normalized spacial score (nSPS) is 20.7. The van der Waals surface area contributed by atoms with Gasteiger partial charge >= 0.3 is 5.97 Å². The number of aliphatic carboxylic acids is 1. The van der Waals surface area contributed by atoms with E-state index < -0.39 is 23.3 Å². The fourth-order valence-corrected chi connectivity index (χ4v) is 7.80. The van der Waals surface area contributed by atoms with Crippen molar-refractivity contribution in [2.24, 2.45) is 0 Å². The molecule has 1 fully saturated rings. The van der Waals surface area contributed by atoms with Crippen molar-refractivity contribution in [3.05, 3.63) is 30.4 Å². The Kier molecular flexibility index (Phi) is 6.15. The SMILES string of the molecule is Nc1nnc(SCC2=C(C(=O)O)N3C(=O)C(NC(=O)Cc4csc(=O)s4)C3SC2)s1. The smallest absolute Gasteiger partial charge is 0.352 e. The zero-order valence-corrected chi connectivity index (χ0v) is 19.0. The van der Waals surface area contributed by atoms with Crippen LogP contribution >= 0.6 is 57.5 Å². The number of anilines is 1. The van der Waals surface area contributed by atoms with Crippen LogP contribution in [-0.4, -0.2) is 60.9 Å². The molecular weight excluding hydrogens is 491 g/mol. The van der Waals surface area contributed by atoms with E-state index in [2.05, 4.69) is 15.5 Å². The maximum absolute atomic E-state index is 12.6. The van der Waals surface area contributed by atoms with E-state index in [0.717, 1.165) is 22.7 Å². The van der Waals surface area contributed by atoms with Gasteiger partial charge in [0.15, 0.2) is 4.34 Å². The number of rotatable bonds is 7. The second kappa shape index (κ2) is 8.66. The number of thioether (sulfide) groups is 2. The minimum Gasteiger partial charge on any atom is -0.477 e. The van der Waals surface area contributed by atoms with Gasteiger partial charge < -0.3 is 16.2 Å². The Morgan fingerprint density at radius 3 is 2.77 bits per heavy atom. The van der Waals surface area contributed by atoms with Gasteiger partial charge in [-0.15, -0.1) is 22.0 Å². The Hall–Kier alpha value is -1.94. The van der Waals surface area contributed by atoms with E-state index in [1.54, 1.807) is 5.38 Å². The van der Waals surface area contributed by atoms with Crippen LogP contribution in [0.15, 0.2) is 25.8 Å². The highest BCUT2D eigenvalue weighted by Gasteiger charge is 2.54. The number of carbonyl (C=O) groups excluding carboxylic acids is 2. The number of nitrogens with zero attached hydrogens (tertiary/aromatic N) is 3. The fourth-order valence-electron chi connectivity index (χ4n) is 2.95. The monoisotopic (exact) mass is 503 g/mol. The van der Waals surface area contributed by atoms with Crippen molar-refractivity contribution in [3.63, 3.8) is 0 Å². The maximum Gasteiger partial charge on any atom is 0.352 e. The first-order valence-corrected chi connectivity index (χ1v) is 12.9. The van der Waals surface area contributed by atoms with Crippen LogP contribution in [-0.2, 0) is 20.8 Å². The van der Waals surface area contributed by atoms with Gasteiger partial charge in [-0.1, -0.05) is 45.8 Å². The number of carbonyl (C=O) groups is 3. The Labute approximate surface area is 189 Å². The second-order valence-electron chi connectivity index (χ2n) is 6.14. The van der Waals surface area contributed by atoms with E-state index in [-0.39, 0.29) is 22.1 Å². The topological polar surface area (TPSA) is 156 Å². The number of nitrogens with one attached hydrogen (secondary N) is 1. The summed E-state index contributed by atoms with van der Waals surface area (Å²) in [6, 6.07) is -0.788.